The van der Waals surface area contributed by atoms with Crippen molar-refractivity contribution < 1.29 is 19.7 Å². The predicted molar refractivity (Wildman–Crippen MR) is 46.0 cm³/mol. The van der Waals surface area contributed by atoms with E-state index in [1.54, 1.807) is 13.0 Å². The number of esters is 1. The molecule has 0 spiro atoms. The Morgan fingerprint density at radius 1 is 1.77 bits per heavy atom. The maximum absolute atomic E-state index is 11.0. The van der Waals surface area contributed by atoms with Crippen molar-refractivity contribution in [2.24, 2.45) is 0 Å². The number of methoxy groups -OCH3 is 1. The minimum Gasteiger partial charge on any atom is -0.466 e. The highest BCUT2D eigenvalue weighted by Gasteiger charge is 2.35. The number of carbonyl (C=O) groups is 1. The zero-order valence-corrected chi connectivity index (χ0v) is 7.78. The summed E-state index contributed by atoms with van der Waals surface area (Å²) in [4.78, 5) is 11.0. The van der Waals surface area contributed by atoms with Crippen molar-refractivity contribution >= 4 is 5.97 Å². The first-order valence-electron chi connectivity index (χ1n) is 4.15. The van der Waals surface area contributed by atoms with Crippen LogP contribution in [0.25, 0.3) is 0 Å². The first kappa shape index (κ1) is 10.2. The largest absolute Gasteiger partial charge is 0.466 e. The molecule has 0 fully saturated rings. The molecular formula is C9H14O4. The zero-order chi connectivity index (χ0) is 10.1. The smallest absolute Gasteiger partial charge is 0.333 e. The molecule has 1 aliphatic rings. The third-order valence-electron chi connectivity index (χ3n) is 2.34. The summed E-state index contributed by atoms with van der Waals surface area (Å²) in [6.07, 6.45) is 1.14. The highest BCUT2D eigenvalue weighted by molar-refractivity contribution is 5.88. The van der Waals surface area contributed by atoms with Crippen molar-refractivity contribution in [2.75, 3.05) is 7.11 Å². The molecule has 74 valence electrons. The van der Waals surface area contributed by atoms with E-state index in [2.05, 4.69) is 4.74 Å². The summed E-state index contributed by atoms with van der Waals surface area (Å²) in [6, 6.07) is 0. The quantitative estimate of drug-likeness (QED) is 0.565. The maximum Gasteiger partial charge on any atom is 0.333 e. The Labute approximate surface area is 76.8 Å². The van der Waals surface area contributed by atoms with Gasteiger partial charge in [0.05, 0.1) is 18.8 Å². The van der Waals surface area contributed by atoms with Crippen molar-refractivity contribution in [3.8, 4) is 0 Å². The minimum atomic E-state index is -1.13. The summed E-state index contributed by atoms with van der Waals surface area (Å²) in [5.74, 6) is -0.436. The molecule has 1 aliphatic carbocycles. The average molecular weight is 186 g/mol. The predicted octanol–water partition coefficient (Wildman–Crippen LogP) is -0.00850. The van der Waals surface area contributed by atoms with Gasteiger partial charge in [-0.3, -0.25) is 0 Å². The van der Waals surface area contributed by atoms with Gasteiger partial charge in [0.1, 0.15) is 0 Å². The molecule has 1 rings (SSSR count). The van der Waals surface area contributed by atoms with Gasteiger partial charge in [0.15, 0.2) is 0 Å². The van der Waals surface area contributed by atoms with Gasteiger partial charge in [-0.1, -0.05) is 6.08 Å². The Morgan fingerprint density at radius 3 is 2.85 bits per heavy atom. The zero-order valence-electron chi connectivity index (χ0n) is 7.78. The lowest BCUT2D eigenvalue weighted by Gasteiger charge is -2.32. The number of hydrogen-bond acceptors (Lipinski definition) is 4. The van der Waals surface area contributed by atoms with Crippen LogP contribution in [0.1, 0.15) is 19.8 Å². The molecule has 0 unspecified atom stereocenters. The van der Waals surface area contributed by atoms with E-state index in [1.807, 2.05) is 0 Å². The van der Waals surface area contributed by atoms with E-state index in [0.29, 0.717) is 5.57 Å². The van der Waals surface area contributed by atoms with Gasteiger partial charge in [-0.2, -0.15) is 0 Å². The third kappa shape index (κ3) is 2.08. The van der Waals surface area contributed by atoms with E-state index < -0.39 is 17.7 Å². The lowest BCUT2D eigenvalue weighted by atomic mass is 9.84. The van der Waals surface area contributed by atoms with Crippen LogP contribution < -0.4 is 0 Å². The van der Waals surface area contributed by atoms with Gasteiger partial charge in [-0.05, 0) is 13.3 Å². The highest BCUT2D eigenvalue weighted by atomic mass is 16.5. The van der Waals surface area contributed by atoms with Gasteiger partial charge in [-0.25, -0.2) is 4.79 Å². The van der Waals surface area contributed by atoms with Crippen LogP contribution in [0.5, 0.6) is 0 Å². The number of ether oxygens (including phenoxy) is 1. The van der Waals surface area contributed by atoms with E-state index in [-0.39, 0.29) is 12.8 Å². The summed E-state index contributed by atoms with van der Waals surface area (Å²) >= 11 is 0. The molecule has 13 heavy (non-hydrogen) atoms. The molecule has 0 amide bonds. The molecular weight excluding hydrogens is 172 g/mol. The number of carbonyl (C=O) groups excluding carboxylic acids is 1. The van der Waals surface area contributed by atoms with Crippen molar-refractivity contribution in [2.45, 2.75) is 31.5 Å². The molecule has 0 aromatic rings. The molecule has 0 heterocycles. The standard InChI is InChI=1S/C9H14O4/c1-9(12)4-3-6(5-7(9)10)8(11)13-2/h3,7,10,12H,4-5H2,1-2H3/t7-,9+/m1/s1. The van der Waals surface area contributed by atoms with Crippen molar-refractivity contribution in [1.82, 2.24) is 0 Å². The Balaban J connectivity index is 2.75. The SMILES string of the molecule is COC(=O)C1=CC[C@](C)(O)[C@H](O)C1. The molecule has 0 saturated carbocycles. The topological polar surface area (TPSA) is 66.8 Å². The van der Waals surface area contributed by atoms with Crippen LogP contribution >= 0.6 is 0 Å². The Morgan fingerprint density at radius 2 is 2.38 bits per heavy atom. The van der Waals surface area contributed by atoms with E-state index in [9.17, 15) is 15.0 Å². The summed E-state index contributed by atoms with van der Waals surface area (Å²) in [6.45, 7) is 1.54. The van der Waals surface area contributed by atoms with Crippen LogP contribution in [0.15, 0.2) is 11.6 Å². The summed E-state index contributed by atoms with van der Waals surface area (Å²) < 4.78 is 4.51. The molecule has 0 bridgehead atoms. The fraction of sp³-hybridized carbons (Fsp3) is 0.667. The Kier molecular flexibility index (Phi) is 2.73. The maximum atomic E-state index is 11.0. The summed E-state index contributed by atoms with van der Waals surface area (Å²) in [5.41, 5.74) is -0.695. The van der Waals surface area contributed by atoms with Crippen molar-refractivity contribution in [1.29, 1.82) is 0 Å². The van der Waals surface area contributed by atoms with Crippen LogP contribution in [-0.4, -0.2) is 35.0 Å². The minimum absolute atomic E-state index is 0.152. The number of aliphatic hydroxyl groups is 2. The van der Waals surface area contributed by atoms with E-state index >= 15 is 0 Å². The fourth-order valence-corrected chi connectivity index (χ4v) is 1.28. The molecule has 0 aromatic carbocycles. The molecule has 2 N–H and O–H groups in total. The molecule has 4 heteroatoms. The highest BCUT2D eigenvalue weighted by Crippen LogP contribution is 2.27. The Bertz CT molecular complexity index is 242. The molecule has 2 atom stereocenters. The molecule has 4 nitrogen and oxygen atoms in total. The van der Waals surface area contributed by atoms with Crippen LogP contribution in [0.3, 0.4) is 0 Å². The van der Waals surface area contributed by atoms with Crippen molar-refractivity contribution in [3.05, 3.63) is 11.6 Å². The van der Waals surface area contributed by atoms with Gasteiger partial charge in [0.2, 0.25) is 0 Å². The first-order valence-corrected chi connectivity index (χ1v) is 4.15. The average Bonchev–Trinajstić information content (AvgIpc) is 2.08. The van der Waals surface area contributed by atoms with Crippen LogP contribution in [-0.2, 0) is 9.53 Å². The van der Waals surface area contributed by atoms with Crippen LogP contribution in [0, 0.1) is 0 Å². The number of aliphatic hydroxyl groups excluding tert-OH is 1. The van der Waals surface area contributed by atoms with Gasteiger partial charge >= 0.3 is 5.97 Å². The molecule has 0 aromatic heterocycles. The van der Waals surface area contributed by atoms with Crippen molar-refractivity contribution in [3.63, 3.8) is 0 Å². The van der Waals surface area contributed by atoms with Gasteiger partial charge in [0, 0.05) is 12.0 Å². The summed E-state index contributed by atoms with van der Waals surface area (Å²) in [7, 11) is 1.29. The second-order valence-corrected chi connectivity index (χ2v) is 3.50. The van der Waals surface area contributed by atoms with E-state index in [0.717, 1.165) is 0 Å². The number of hydrogen-bond donors (Lipinski definition) is 2. The summed E-state index contributed by atoms with van der Waals surface area (Å²) in [5, 5.41) is 19.0. The number of rotatable bonds is 1. The second-order valence-electron chi connectivity index (χ2n) is 3.50. The van der Waals surface area contributed by atoms with E-state index in [1.165, 1.54) is 7.11 Å². The third-order valence-corrected chi connectivity index (χ3v) is 2.34. The first-order chi connectivity index (χ1) is 5.97. The van der Waals surface area contributed by atoms with E-state index in [4.69, 9.17) is 0 Å². The van der Waals surface area contributed by atoms with Gasteiger partial charge < -0.3 is 14.9 Å². The van der Waals surface area contributed by atoms with Crippen LogP contribution in [0.2, 0.25) is 0 Å². The molecule has 0 radical (unpaired) electrons. The normalized spacial score (nSPS) is 33.8. The lowest BCUT2D eigenvalue weighted by Crippen LogP contribution is -2.42. The second kappa shape index (κ2) is 3.47. The fourth-order valence-electron chi connectivity index (χ4n) is 1.28. The molecule has 0 aliphatic heterocycles. The van der Waals surface area contributed by atoms with Gasteiger partial charge in [0.25, 0.3) is 0 Å². The van der Waals surface area contributed by atoms with Crippen LogP contribution in [0.4, 0.5) is 0 Å². The van der Waals surface area contributed by atoms with Gasteiger partial charge in [-0.15, -0.1) is 0 Å². The molecule has 0 saturated heterocycles. The monoisotopic (exact) mass is 186 g/mol. The lowest BCUT2D eigenvalue weighted by molar-refractivity contribution is -0.137. The Hall–Kier alpha value is -0.870.